The minimum absolute atomic E-state index is 0.0166. The van der Waals surface area contributed by atoms with E-state index in [-0.39, 0.29) is 23.9 Å². The maximum absolute atomic E-state index is 12.6. The number of fused-ring (bicyclic) bond motifs is 5. The van der Waals surface area contributed by atoms with Gasteiger partial charge in [0.2, 0.25) is 0 Å². The summed E-state index contributed by atoms with van der Waals surface area (Å²) in [5.41, 5.74) is 0.601. The van der Waals surface area contributed by atoms with Crippen LogP contribution < -0.4 is 0 Å². The van der Waals surface area contributed by atoms with Gasteiger partial charge in [0.1, 0.15) is 5.78 Å². The molecular weight excluding hydrogens is 464 g/mol. The smallest absolute Gasteiger partial charge is 0.393 e. The van der Waals surface area contributed by atoms with Crippen molar-refractivity contribution in [2.24, 2.45) is 58.2 Å². The quantitative estimate of drug-likeness (QED) is 0.405. The van der Waals surface area contributed by atoms with Crippen molar-refractivity contribution in [3.8, 4) is 0 Å². The van der Waals surface area contributed by atoms with Gasteiger partial charge >= 0.3 is 10.4 Å². The van der Waals surface area contributed by atoms with Gasteiger partial charge in [-0.1, -0.05) is 41.0 Å². The molecule has 4 aliphatic rings. The number of Topliss-reactive ketones (excluding diaryl/α,β-unsaturated/α-hetero) is 1. The van der Waals surface area contributed by atoms with Gasteiger partial charge in [-0.15, -0.1) is 0 Å². The standard InChI is InChI=1S/C28H48O6S/c1-17-10-12-27(4)20(14-17)15-25(30)26-22-8-7-21(28(22,5)13-11-23(26)27)18(2)6-9-24(29)19(3)16-34-35(31,32)33/h17-23,25-26,30H,6-16H2,1-5H3,(H,31,32,33)/t17-,18+,19?,20+,21?,22?,23?,25?,26?,27-,28+/m0/s1. The van der Waals surface area contributed by atoms with Crippen molar-refractivity contribution in [1.29, 1.82) is 0 Å². The van der Waals surface area contributed by atoms with E-state index in [4.69, 9.17) is 4.55 Å². The van der Waals surface area contributed by atoms with Crippen LogP contribution in [0.5, 0.6) is 0 Å². The lowest BCUT2D eigenvalue weighted by Gasteiger charge is -2.62. The molecule has 6 nitrogen and oxygen atoms in total. The molecule has 0 aromatic carbocycles. The number of aliphatic hydroxyl groups excluding tert-OH is 1. The van der Waals surface area contributed by atoms with E-state index in [2.05, 4.69) is 31.9 Å². The molecule has 202 valence electrons. The topological polar surface area (TPSA) is 101 Å². The summed E-state index contributed by atoms with van der Waals surface area (Å²) in [5, 5.41) is 11.5. The lowest BCUT2D eigenvalue weighted by atomic mass is 9.43. The highest BCUT2D eigenvalue weighted by molar-refractivity contribution is 7.80. The molecular formula is C28H48O6S. The molecule has 2 N–H and O–H groups in total. The van der Waals surface area contributed by atoms with Crippen LogP contribution in [0.4, 0.5) is 0 Å². The number of ketones is 1. The van der Waals surface area contributed by atoms with Gasteiger partial charge in [0.05, 0.1) is 12.7 Å². The number of hydrogen-bond acceptors (Lipinski definition) is 5. The minimum Gasteiger partial charge on any atom is -0.393 e. The Labute approximate surface area is 212 Å². The molecule has 11 atom stereocenters. The molecule has 0 aliphatic heterocycles. The van der Waals surface area contributed by atoms with Crippen molar-refractivity contribution in [2.45, 2.75) is 105 Å². The monoisotopic (exact) mass is 512 g/mol. The fraction of sp³-hybridized carbons (Fsp3) is 0.964. The highest BCUT2D eigenvalue weighted by Crippen LogP contribution is 2.68. The van der Waals surface area contributed by atoms with Gasteiger partial charge in [-0.2, -0.15) is 8.42 Å². The molecule has 0 heterocycles. The van der Waals surface area contributed by atoms with E-state index in [0.717, 1.165) is 18.8 Å². The molecule has 4 saturated carbocycles. The Morgan fingerprint density at radius 1 is 1.03 bits per heavy atom. The largest absolute Gasteiger partial charge is 0.397 e. The first kappa shape index (κ1) is 27.5. The van der Waals surface area contributed by atoms with Crippen LogP contribution in [0.15, 0.2) is 0 Å². The first-order valence-electron chi connectivity index (χ1n) is 14.1. The van der Waals surface area contributed by atoms with Crippen molar-refractivity contribution in [3.63, 3.8) is 0 Å². The summed E-state index contributed by atoms with van der Waals surface area (Å²) in [6.07, 6.45) is 10.7. The van der Waals surface area contributed by atoms with Crippen LogP contribution in [-0.2, 0) is 19.4 Å². The lowest BCUT2D eigenvalue weighted by Crippen LogP contribution is -2.58. The van der Waals surface area contributed by atoms with Crippen molar-refractivity contribution < 1.29 is 27.1 Å². The van der Waals surface area contributed by atoms with Gasteiger partial charge in [-0.25, -0.2) is 4.18 Å². The predicted molar refractivity (Wildman–Crippen MR) is 136 cm³/mol. The molecule has 0 radical (unpaired) electrons. The van der Waals surface area contributed by atoms with E-state index in [1.54, 1.807) is 6.92 Å². The summed E-state index contributed by atoms with van der Waals surface area (Å²) in [7, 11) is -4.52. The van der Waals surface area contributed by atoms with E-state index in [1.807, 2.05) is 0 Å². The maximum atomic E-state index is 12.6. The summed E-state index contributed by atoms with van der Waals surface area (Å²) in [6.45, 7) is 11.0. The zero-order valence-electron chi connectivity index (χ0n) is 22.4. The molecule has 0 aromatic heterocycles. The first-order valence-corrected chi connectivity index (χ1v) is 15.5. The van der Waals surface area contributed by atoms with Crippen molar-refractivity contribution in [2.75, 3.05) is 6.61 Å². The number of hydrogen-bond donors (Lipinski definition) is 2. The van der Waals surface area contributed by atoms with Crippen LogP contribution in [0.2, 0.25) is 0 Å². The van der Waals surface area contributed by atoms with Crippen LogP contribution in [0.1, 0.15) is 98.8 Å². The van der Waals surface area contributed by atoms with Crippen molar-refractivity contribution >= 4 is 16.2 Å². The van der Waals surface area contributed by atoms with Gasteiger partial charge < -0.3 is 5.11 Å². The van der Waals surface area contributed by atoms with Gasteiger partial charge in [-0.3, -0.25) is 9.35 Å². The molecule has 7 heteroatoms. The Morgan fingerprint density at radius 2 is 1.69 bits per heavy atom. The highest BCUT2D eigenvalue weighted by atomic mass is 32.3. The van der Waals surface area contributed by atoms with Crippen molar-refractivity contribution in [1.82, 2.24) is 0 Å². The number of carbonyl (C=O) groups is 1. The predicted octanol–water partition coefficient (Wildman–Crippen LogP) is 5.69. The third-order valence-electron chi connectivity index (χ3n) is 11.6. The van der Waals surface area contributed by atoms with E-state index in [9.17, 15) is 18.3 Å². The van der Waals surface area contributed by atoms with Gasteiger partial charge in [-0.05, 0) is 104 Å². The van der Waals surface area contributed by atoms with Crippen molar-refractivity contribution in [3.05, 3.63) is 0 Å². The molecule has 0 amide bonds. The van der Waals surface area contributed by atoms with Crippen LogP contribution in [0.25, 0.3) is 0 Å². The minimum atomic E-state index is -4.52. The number of rotatable bonds is 8. The Balaban J connectivity index is 1.40. The zero-order valence-corrected chi connectivity index (χ0v) is 23.2. The third-order valence-corrected chi connectivity index (χ3v) is 12.0. The van der Waals surface area contributed by atoms with Gasteiger partial charge in [0, 0.05) is 12.3 Å². The summed E-state index contributed by atoms with van der Waals surface area (Å²) in [4.78, 5) is 12.6. The average molecular weight is 513 g/mol. The first-order chi connectivity index (χ1) is 16.3. The van der Waals surface area contributed by atoms with E-state index >= 15 is 0 Å². The lowest BCUT2D eigenvalue weighted by molar-refractivity contribution is -0.168. The summed E-state index contributed by atoms with van der Waals surface area (Å²) in [5.74, 6) is 3.45. The second-order valence-corrected chi connectivity index (χ2v) is 14.6. The fourth-order valence-corrected chi connectivity index (χ4v) is 9.89. The molecule has 0 saturated heterocycles. The second-order valence-electron chi connectivity index (χ2n) is 13.5. The van der Waals surface area contributed by atoms with Gasteiger partial charge in [0.15, 0.2) is 0 Å². The van der Waals surface area contributed by atoms with Crippen LogP contribution >= 0.6 is 0 Å². The maximum Gasteiger partial charge on any atom is 0.397 e. The molecule has 0 aromatic rings. The zero-order chi connectivity index (χ0) is 25.8. The molecule has 4 fully saturated rings. The molecule has 35 heavy (non-hydrogen) atoms. The van der Waals surface area contributed by atoms with E-state index in [0.29, 0.717) is 47.3 Å². The van der Waals surface area contributed by atoms with Crippen LogP contribution in [0, 0.1) is 58.2 Å². The fourth-order valence-electron chi connectivity index (χ4n) is 9.51. The molecule has 0 bridgehead atoms. The third kappa shape index (κ3) is 5.26. The van der Waals surface area contributed by atoms with Crippen LogP contribution in [0.3, 0.4) is 0 Å². The molecule has 0 spiro atoms. The van der Waals surface area contributed by atoms with E-state index < -0.39 is 16.3 Å². The molecule has 6 unspecified atom stereocenters. The summed E-state index contributed by atoms with van der Waals surface area (Å²) in [6, 6.07) is 0. The second kappa shape index (κ2) is 9.99. The normalized spacial score (nSPS) is 45.2. The summed E-state index contributed by atoms with van der Waals surface area (Å²) >= 11 is 0. The Hall–Kier alpha value is -0.500. The van der Waals surface area contributed by atoms with Crippen LogP contribution in [-0.4, -0.2) is 36.6 Å². The van der Waals surface area contributed by atoms with Gasteiger partial charge in [0.25, 0.3) is 0 Å². The SMILES string of the molecule is CC(COS(=O)(=O)O)C(=O)CC[C@@H](C)C1CCC2C3C(O)C[C@H]4C[C@@H](C)CC[C@]4(C)C3CC[C@@]21C. The molecule has 4 aliphatic carbocycles. The Bertz CT molecular complexity index is 888. The summed E-state index contributed by atoms with van der Waals surface area (Å²) < 4.78 is 34.8. The van der Waals surface area contributed by atoms with E-state index in [1.165, 1.54) is 44.9 Å². The molecule has 4 rings (SSSR count). The number of carbonyl (C=O) groups excluding carboxylic acids is 1. The Kier molecular flexibility index (Phi) is 7.86. The average Bonchev–Trinajstić information content (AvgIpc) is 3.13. The number of aliphatic hydroxyl groups is 1. The highest BCUT2D eigenvalue weighted by Gasteiger charge is 2.62. The Morgan fingerprint density at radius 3 is 2.37 bits per heavy atom.